The van der Waals surface area contributed by atoms with E-state index in [9.17, 15) is 0 Å². The van der Waals surface area contributed by atoms with Crippen LogP contribution in [0.15, 0.2) is 4.99 Å². The van der Waals surface area contributed by atoms with Crippen LogP contribution in [0.2, 0.25) is 0 Å². The average molecular weight is 268 g/mol. The molecule has 1 aliphatic carbocycles. The second-order valence-electron chi connectivity index (χ2n) is 5.80. The van der Waals surface area contributed by atoms with Crippen LogP contribution >= 0.6 is 0 Å². The normalized spacial score (nSPS) is 25.1. The van der Waals surface area contributed by atoms with Gasteiger partial charge in [-0.2, -0.15) is 0 Å². The number of hydrazine groups is 1. The van der Waals surface area contributed by atoms with E-state index >= 15 is 0 Å². The SMILES string of the molecule is CC(NC(=NC1CCCCC1)NN)C1CCOCC1. The summed E-state index contributed by atoms with van der Waals surface area (Å²) >= 11 is 0. The second-order valence-corrected chi connectivity index (χ2v) is 5.80. The predicted octanol–water partition coefficient (Wildman–Crippen LogP) is 1.54. The molecule has 0 radical (unpaired) electrons. The molecule has 4 N–H and O–H groups in total. The molecular weight excluding hydrogens is 240 g/mol. The summed E-state index contributed by atoms with van der Waals surface area (Å²) in [6, 6.07) is 0.830. The van der Waals surface area contributed by atoms with Crippen LogP contribution in [0.3, 0.4) is 0 Å². The van der Waals surface area contributed by atoms with E-state index in [0.717, 1.165) is 32.0 Å². The van der Waals surface area contributed by atoms with Gasteiger partial charge in [0.1, 0.15) is 0 Å². The Morgan fingerprint density at radius 1 is 1.16 bits per heavy atom. The molecule has 2 aliphatic rings. The van der Waals surface area contributed by atoms with Crippen molar-refractivity contribution in [3.05, 3.63) is 0 Å². The lowest BCUT2D eigenvalue weighted by Crippen LogP contribution is -2.49. The van der Waals surface area contributed by atoms with Gasteiger partial charge in [0.2, 0.25) is 5.96 Å². The van der Waals surface area contributed by atoms with Crippen LogP contribution in [-0.2, 0) is 4.74 Å². The first-order chi connectivity index (χ1) is 9.29. The maximum Gasteiger partial charge on any atom is 0.206 e. The number of rotatable bonds is 3. The van der Waals surface area contributed by atoms with Gasteiger partial charge in [-0.1, -0.05) is 19.3 Å². The van der Waals surface area contributed by atoms with Crippen LogP contribution in [0, 0.1) is 5.92 Å². The smallest absolute Gasteiger partial charge is 0.206 e. The van der Waals surface area contributed by atoms with Gasteiger partial charge in [-0.3, -0.25) is 5.43 Å². The summed E-state index contributed by atoms with van der Waals surface area (Å²) in [4.78, 5) is 4.73. The third-order valence-electron chi connectivity index (χ3n) is 4.36. The zero-order chi connectivity index (χ0) is 13.5. The van der Waals surface area contributed by atoms with E-state index in [1.807, 2.05) is 0 Å². The molecule has 2 fully saturated rings. The van der Waals surface area contributed by atoms with Gasteiger partial charge < -0.3 is 10.1 Å². The molecular formula is C14H28N4O. The first-order valence-electron chi connectivity index (χ1n) is 7.68. The second kappa shape index (κ2) is 7.70. The summed E-state index contributed by atoms with van der Waals surface area (Å²) in [5, 5.41) is 3.44. The molecule has 1 aliphatic heterocycles. The highest BCUT2D eigenvalue weighted by Gasteiger charge is 2.21. The molecule has 1 heterocycles. The van der Waals surface area contributed by atoms with Gasteiger partial charge in [0.15, 0.2) is 0 Å². The molecule has 5 nitrogen and oxygen atoms in total. The number of ether oxygens (including phenoxy) is 1. The minimum atomic E-state index is 0.391. The van der Waals surface area contributed by atoms with Gasteiger partial charge in [-0.25, -0.2) is 10.8 Å². The van der Waals surface area contributed by atoms with Crippen LogP contribution in [0.25, 0.3) is 0 Å². The van der Waals surface area contributed by atoms with E-state index in [0.29, 0.717) is 18.0 Å². The highest BCUT2D eigenvalue weighted by molar-refractivity contribution is 5.79. The van der Waals surface area contributed by atoms with Crippen LogP contribution in [0.4, 0.5) is 0 Å². The highest BCUT2D eigenvalue weighted by Crippen LogP contribution is 2.21. The van der Waals surface area contributed by atoms with Gasteiger partial charge in [-0.15, -0.1) is 0 Å². The van der Waals surface area contributed by atoms with Crippen LogP contribution < -0.4 is 16.6 Å². The monoisotopic (exact) mass is 268 g/mol. The number of nitrogens with zero attached hydrogens (tertiary/aromatic N) is 1. The number of aliphatic imine (C=N–C) groups is 1. The zero-order valence-corrected chi connectivity index (χ0v) is 12.0. The molecule has 1 saturated heterocycles. The molecule has 5 heteroatoms. The Balaban J connectivity index is 1.84. The summed E-state index contributed by atoms with van der Waals surface area (Å²) in [5.74, 6) is 7.01. The molecule has 0 spiro atoms. The molecule has 0 aromatic rings. The fourth-order valence-electron chi connectivity index (χ4n) is 3.06. The lowest BCUT2D eigenvalue weighted by atomic mass is 9.93. The Morgan fingerprint density at radius 3 is 2.47 bits per heavy atom. The standard InChI is InChI=1S/C14H28N4O/c1-11(12-7-9-19-10-8-12)16-14(18-15)17-13-5-3-2-4-6-13/h11-13H,2-10,15H2,1H3,(H2,16,17,18). The third kappa shape index (κ3) is 4.66. The molecule has 2 rings (SSSR count). The van der Waals surface area contributed by atoms with Gasteiger partial charge in [0, 0.05) is 19.3 Å². The highest BCUT2D eigenvalue weighted by atomic mass is 16.5. The Kier molecular flexibility index (Phi) is 5.92. The molecule has 110 valence electrons. The first kappa shape index (κ1) is 14.6. The quantitative estimate of drug-likeness (QED) is 0.314. The van der Waals surface area contributed by atoms with Crippen molar-refractivity contribution in [2.45, 2.75) is 64.0 Å². The number of hydrogen-bond acceptors (Lipinski definition) is 3. The zero-order valence-electron chi connectivity index (χ0n) is 12.0. The summed E-state index contributed by atoms with van der Waals surface area (Å²) in [6.45, 7) is 3.97. The molecule has 0 amide bonds. The molecule has 19 heavy (non-hydrogen) atoms. The van der Waals surface area contributed by atoms with E-state index in [-0.39, 0.29) is 0 Å². The third-order valence-corrected chi connectivity index (χ3v) is 4.36. The van der Waals surface area contributed by atoms with Crippen molar-refractivity contribution < 1.29 is 4.74 Å². The van der Waals surface area contributed by atoms with Crippen molar-refractivity contribution in [1.29, 1.82) is 0 Å². The Hall–Kier alpha value is -0.810. The first-order valence-corrected chi connectivity index (χ1v) is 7.68. The summed E-state index contributed by atoms with van der Waals surface area (Å²) in [6.07, 6.45) is 8.56. The minimum absolute atomic E-state index is 0.391. The van der Waals surface area contributed by atoms with E-state index in [2.05, 4.69) is 17.7 Å². The van der Waals surface area contributed by atoms with Crippen LogP contribution in [0.5, 0.6) is 0 Å². The van der Waals surface area contributed by atoms with Crippen LogP contribution in [-0.4, -0.2) is 31.3 Å². The summed E-state index contributed by atoms with van der Waals surface area (Å²) < 4.78 is 5.40. The Bertz CT molecular complexity index is 283. The van der Waals surface area contributed by atoms with Gasteiger partial charge in [-0.05, 0) is 38.5 Å². The molecule has 1 unspecified atom stereocenters. The molecule has 0 aromatic heterocycles. The van der Waals surface area contributed by atoms with E-state index in [1.54, 1.807) is 0 Å². The topological polar surface area (TPSA) is 71.7 Å². The summed E-state index contributed by atoms with van der Waals surface area (Å²) in [5.41, 5.74) is 2.73. The lowest BCUT2D eigenvalue weighted by Gasteiger charge is -2.29. The number of guanidine groups is 1. The van der Waals surface area contributed by atoms with Crippen molar-refractivity contribution >= 4 is 5.96 Å². The van der Waals surface area contributed by atoms with E-state index in [4.69, 9.17) is 15.6 Å². The number of nitrogens with two attached hydrogens (primary N) is 1. The van der Waals surface area contributed by atoms with Crippen molar-refractivity contribution in [3.63, 3.8) is 0 Å². The van der Waals surface area contributed by atoms with Crippen LogP contribution in [0.1, 0.15) is 51.9 Å². The van der Waals surface area contributed by atoms with E-state index < -0.39 is 0 Å². The van der Waals surface area contributed by atoms with E-state index in [1.165, 1.54) is 32.1 Å². The fraction of sp³-hybridized carbons (Fsp3) is 0.929. The fourth-order valence-corrected chi connectivity index (χ4v) is 3.06. The van der Waals surface area contributed by atoms with Crippen molar-refractivity contribution in [1.82, 2.24) is 10.7 Å². The number of hydrogen-bond donors (Lipinski definition) is 3. The van der Waals surface area contributed by atoms with Crippen molar-refractivity contribution in [2.24, 2.45) is 16.8 Å². The van der Waals surface area contributed by atoms with Crippen molar-refractivity contribution in [3.8, 4) is 0 Å². The average Bonchev–Trinajstić information content (AvgIpc) is 2.48. The molecule has 0 aromatic carbocycles. The Morgan fingerprint density at radius 2 is 1.84 bits per heavy atom. The lowest BCUT2D eigenvalue weighted by molar-refractivity contribution is 0.0581. The summed E-state index contributed by atoms with van der Waals surface area (Å²) in [7, 11) is 0. The minimum Gasteiger partial charge on any atom is -0.381 e. The Labute approximate surface area is 116 Å². The maximum atomic E-state index is 5.60. The largest absolute Gasteiger partial charge is 0.381 e. The maximum absolute atomic E-state index is 5.60. The molecule has 1 atom stereocenters. The molecule has 0 bridgehead atoms. The van der Waals surface area contributed by atoms with Gasteiger partial charge in [0.25, 0.3) is 0 Å². The van der Waals surface area contributed by atoms with Crippen molar-refractivity contribution in [2.75, 3.05) is 13.2 Å². The van der Waals surface area contributed by atoms with Gasteiger partial charge >= 0.3 is 0 Å². The predicted molar refractivity (Wildman–Crippen MR) is 77.8 cm³/mol. The van der Waals surface area contributed by atoms with Gasteiger partial charge in [0.05, 0.1) is 6.04 Å². The molecule has 1 saturated carbocycles. The number of nitrogens with one attached hydrogen (secondary N) is 2.